The maximum atomic E-state index is 11.6. The Morgan fingerprint density at radius 2 is 2.08 bits per heavy atom. The summed E-state index contributed by atoms with van der Waals surface area (Å²) in [5, 5.41) is 9.93. The summed E-state index contributed by atoms with van der Waals surface area (Å²) in [6, 6.07) is 0. The molecule has 2 heteroatoms. The van der Waals surface area contributed by atoms with Gasteiger partial charge in [0.1, 0.15) is 5.78 Å². The van der Waals surface area contributed by atoms with E-state index in [-0.39, 0.29) is 12.0 Å². The van der Waals surface area contributed by atoms with Crippen molar-refractivity contribution in [2.45, 2.75) is 45.1 Å². The lowest BCUT2D eigenvalue weighted by molar-refractivity contribution is -0.131. The number of carbonyl (C=O) groups excluding carboxylic acids is 1. The van der Waals surface area contributed by atoms with Crippen LogP contribution in [0.25, 0.3) is 0 Å². The average molecular weight is 182 g/mol. The van der Waals surface area contributed by atoms with Gasteiger partial charge in [-0.2, -0.15) is 0 Å². The Kier molecular flexibility index (Phi) is 2.41. The number of aliphatic hydroxyl groups is 1. The Hall–Kier alpha value is -0.370. The van der Waals surface area contributed by atoms with Gasteiger partial charge in [-0.1, -0.05) is 6.92 Å². The zero-order chi connectivity index (χ0) is 9.42. The largest absolute Gasteiger partial charge is 0.392 e. The molecule has 2 rings (SSSR count). The van der Waals surface area contributed by atoms with Crippen molar-refractivity contribution in [3.8, 4) is 0 Å². The second kappa shape index (κ2) is 3.41. The number of ketones is 1. The van der Waals surface area contributed by atoms with E-state index in [9.17, 15) is 9.90 Å². The van der Waals surface area contributed by atoms with Gasteiger partial charge >= 0.3 is 0 Å². The molecule has 0 aliphatic heterocycles. The standard InChI is InChI=1S/C11H18O2/c1-7-3-2-4-9(12)10(7)11(13)8-5-6-8/h7-8,10-11,13H,2-6H2,1H3. The van der Waals surface area contributed by atoms with Crippen molar-refractivity contribution in [3.63, 3.8) is 0 Å². The lowest BCUT2D eigenvalue weighted by atomic mass is 9.75. The molecule has 0 aromatic carbocycles. The summed E-state index contributed by atoms with van der Waals surface area (Å²) in [4.78, 5) is 11.6. The summed E-state index contributed by atoms with van der Waals surface area (Å²) in [6.07, 6.45) is 4.74. The van der Waals surface area contributed by atoms with Gasteiger partial charge in [0, 0.05) is 12.3 Å². The van der Waals surface area contributed by atoms with Gasteiger partial charge in [0.15, 0.2) is 0 Å². The zero-order valence-corrected chi connectivity index (χ0v) is 8.20. The molecule has 2 aliphatic rings. The molecular weight excluding hydrogens is 164 g/mol. The van der Waals surface area contributed by atoms with Gasteiger partial charge < -0.3 is 5.11 Å². The summed E-state index contributed by atoms with van der Waals surface area (Å²) in [7, 11) is 0. The Balaban J connectivity index is 2.03. The van der Waals surface area contributed by atoms with Crippen LogP contribution < -0.4 is 0 Å². The molecule has 0 aromatic heterocycles. The molecule has 2 fully saturated rings. The van der Waals surface area contributed by atoms with Crippen LogP contribution in [0.3, 0.4) is 0 Å². The molecule has 3 unspecified atom stereocenters. The van der Waals surface area contributed by atoms with Crippen LogP contribution >= 0.6 is 0 Å². The molecule has 1 N–H and O–H groups in total. The van der Waals surface area contributed by atoms with E-state index in [1.54, 1.807) is 0 Å². The zero-order valence-electron chi connectivity index (χ0n) is 8.20. The molecule has 2 aliphatic carbocycles. The van der Waals surface area contributed by atoms with Crippen molar-refractivity contribution < 1.29 is 9.90 Å². The van der Waals surface area contributed by atoms with E-state index < -0.39 is 0 Å². The van der Waals surface area contributed by atoms with E-state index in [0.29, 0.717) is 24.0 Å². The molecule has 13 heavy (non-hydrogen) atoms. The summed E-state index contributed by atoms with van der Waals surface area (Å²) >= 11 is 0. The molecule has 0 radical (unpaired) electrons. The van der Waals surface area contributed by atoms with Gasteiger partial charge in [0.2, 0.25) is 0 Å². The van der Waals surface area contributed by atoms with E-state index in [2.05, 4.69) is 6.92 Å². The SMILES string of the molecule is CC1CCCC(=O)C1C(O)C1CC1. The Bertz CT molecular complexity index is 208. The summed E-state index contributed by atoms with van der Waals surface area (Å²) < 4.78 is 0. The first kappa shape index (κ1) is 9.20. The van der Waals surface area contributed by atoms with Crippen molar-refractivity contribution in [2.24, 2.45) is 17.8 Å². The second-order valence-corrected chi connectivity index (χ2v) is 4.69. The van der Waals surface area contributed by atoms with E-state index >= 15 is 0 Å². The van der Waals surface area contributed by atoms with Crippen LogP contribution in [-0.4, -0.2) is 17.0 Å². The lowest BCUT2D eigenvalue weighted by Gasteiger charge is -2.31. The maximum absolute atomic E-state index is 11.6. The molecule has 3 atom stereocenters. The number of carbonyl (C=O) groups is 1. The topological polar surface area (TPSA) is 37.3 Å². The molecule has 0 amide bonds. The average Bonchev–Trinajstić information content (AvgIpc) is 2.85. The lowest BCUT2D eigenvalue weighted by Crippen LogP contribution is -2.37. The Morgan fingerprint density at radius 3 is 2.62 bits per heavy atom. The highest BCUT2D eigenvalue weighted by Gasteiger charge is 2.41. The quantitative estimate of drug-likeness (QED) is 0.706. The van der Waals surface area contributed by atoms with E-state index in [0.717, 1.165) is 25.7 Å². The molecule has 0 aromatic rings. The van der Waals surface area contributed by atoms with E-state index in [1.165, 1.54) is 0 Å². The number of aliphatic hydroxyl groups excluding tert-OH is 1. The smallest absolute Gasteiger partial charge is 0.138 e. The third kappa shape index (κ3) is 1.78. The predicted octanol–water partition coefficient (Wildman–Crippen LogP) is 1.76. The predicted molar refractivity (Wildman–Crippen MR) is 50.2 cm³/mol. The number of hydrogen-bond donors (Lipinski definition) is 1. The molecule has 2 saturated carbocycles. The van der Waals surface area contributed by atoms with Gasteiger partial charge in [-0.3, -0.25) is 4.79 Å². The van der Waals surface area contributed by atoms with Crippen LogP contribution in [0.4, 0.5) is 0 Å². The molecule has 0 bridgehead atoms. The van der Waals surface area contributed by atoms with Crippen LogP contribution in [0, 0.1) is 17.8 Å². The Morgan fingerprint density at radius 1 is 1.38 bits per heavy atom. The van der Waals surface area contributed by atoms with Crippen LogP contribution in [0.5, 0.6) is 0 Å². The molecule has 2 nitrogen and oxygen atoms in total. The first-order valence-electron chi connectivity index (χ1n) is 5.41. The van der Waals surface area contributed by atoms with Crippen molar-refractivity contribution in [1.29, 1.82) is 0 Å². The first-order chi connectivity index (χ1) is 6.20. The summed E-state index contributed by atoms with van der Waals surface area (Å²) in [5.74, 6) is 1.10. The van der Waals surface area contributed by atoms with Gasteiger partial charge in [-0.25, -0.2) is 0 Å². The van der Waals surface area contributed by atoms with Crippen LogP contribution in [0.15, 0.2) is 0 Å². The van der Waals surface area contributed by atoms with Crippen molar-refractivity contribution in [3.05, 3.63) is 0 Å². The fourth-order valence-electron chi connectivity index (χ4n) is 2.52. The minimum atomic E-state index is -0.331. The van der Waals surface area contributed by atoms with Gasteiger partial charge in [0.25, 0.3) is 0 Å². The van der Waals surface area contributed by atoms with Gasteiger partial charge in [-0.05, 0) is 37.5 Å². The number of Topliss-reactive ketones (excluding diaryl/α,β-unsaturated/α-hetero) is 1. The van der Waals surface area contributed by atoms with Crippen molar-refractivity contribution >= 4 is 5.78 Å². The monoisotopic (exact) mass is 182 g/mol. The fourth-order valence-corrected chi connectivity index (χ4v) is 2.52. The van der Waals surface area contributed by atoms with E-state index in [4.69, 9.17) is 0 Å². The maximum Gasteiger partial charge on any atom is 0.138 e. The highest BCUT2D eigenvalue weighted by molar-refractivity contribution is 5.82. The summed E-state index contributed by atoms with van der Waals surface area (Å²) in [6.45, 7) is 2.10. The molecular formula is C11H18O2. The third-order valence-corrected chi connectivity index (χ3v) is 3.54. The van der Waals surface area contributed by atoms with Crippen molar-refractivity contribution in [1.82, 2.24) is 0 Å². The molecule has 0 spiro atoms. The Labute approximate surface area is 79.3 Å². The minimum Gasteiger partial charge on any atom is -0.392 e. The highest BCUT2D eigenvalue weighted by Crippen LogP contribution is 2.41. The third-order valence-electron chi connectivity index (χ3n) is 3.54. The first-order valence-corrected chi connectivity index (χ1v) is 5.41. The normalized spacial score (nSPS) is 37.5. The number of hydrogen-bond acceptors (Lipinski definition) is 2. The van der Waals surface area contributed by atoms with Crippen LogP contribution in [-0.2, 0) is 4.79 Å². The number of rotatable bonds is 2. The fraction of sp³-hybridized carbons (Fsp3) is 0.909. The van der Waals surface area contributed by atoms with Gasteiger partial charge in [-0.15, -0.1) is 0 Å². The molecule has 0 saturated heterocycles. The second-order valence-electron chi connectivity index (χ2n) is 4.69. The highest BCUT2D eigenvalue weighted by atomic mass is 16.3. The van der Waals surface area contributed by atoms with Crippen LogP contribution in [0.2, 0.25) is 0 Å². The molecule has 0 heterocycles. The van der Waals surface area contributed by atoms with Gasteiger partial charge in [0.05, 0.1) is 6.10 Å². The summed E-state index contributed by atoms with van der Waals surface area (Å²) in [5.41, 5.74) is 0. The minimum absolute atomic E-state index is 0.0405. The van der Waals surface area contributed by atoms with Crippen molar-refractivity contribution in [2.75, 3.05) is 0 Å². The molecule has 74 valence electrons. The van der Waals surface area contributed by atoms with Crippen LogP contribution in [0.1, 0.15) is 39.0 Å². The van der Waals surface area contributed by atoms with E-state index in [1.807, 2.05) is 0 Å².